The third kappa shape index (κ3) is 4.59. The van der Waals surface area contributed by atoms with Gasteiger partial charge < -0.3 is 16.0 Å². The lowest BCUT2D eigenvalue weighted by Gasteiger charge is -2.29. The summed E-state index contributed by atoms with van der Waals surface area (Å²) in [6.07, 6.45) is 2.38. The molecule has 1 fully saturated rings. The van der Waals surface area contributed by atoms with Crippen molar-refractivity contribution >= 4 is 5.91 Å². The Morgan fingerprint density at radius 3 is 3.05 bits per heavy atom. The van der Waals surface area contributed by atoms with E-state index < -0.39 is 0 Å². The number of nitrogens with zero attached hydrogens (tertiary/aromatic N) is 1. The molecule has 4 nitrogen and oxygen atoms in total. The summed E-state index contributed by atoms with van der Waals surface area (Å²) in [7, 11) is 2.13. The number of nitrogens with two attached hydrogens (primary N) is 1. The fraction of sp³-hybridized carbons (Fsp3) is 0.471. The van der Waals surface area contributed by atoms with Crippen LogP contribution in [0.1, 0.15) is 28.8 Å². The lowest BCUT2D eigenvalue weighted by Crippen LogP contribution is -2.39. The van der Waals surface area contributed by atoms with Gasteiger partial charge in [0.1, 0.15) is 0 Å². The second-order valence-electron chi connectivity index (χ2n) is 5.53. The van der Waals surface area contributed by atoms with E-state index in [1.165, 1.54) is 12.8 Å². The third-order valence-corrected chi connectivity index (χ3v) is 3.77. The van der Waals surface area contributed by atoms with Gasteiger partial charge in [-0.25, -0.2) is 0 Å². The maximum absolute atomic E-state index is 12.3. The van der Waals surface area contributed by atoms with Gasteiger partial charge in [0, 0.05) is 18.7 Å². The van der Waals surface area contributed by atoms with Crippen molar-refractivity contribution in [3.05, 3.63) is 35.4 Å². The minimum absolute atomic E-state index is 0.0508. The summed E-state index contributed by atoms with van der Waals surface area (Å²) in [4.78, 5) is 14.6. The highest BCUT2D eigenvalue weighted by Crippen LogP contribution is 2.14. The van der Waals surface area contributed by atoms with Crippen LogP contribution in [0, 0.1) is 17.8 Å². The standard InChI is InChI=1S/C17H23N3O/c1-20-11-5-6-14(13-20)12-19-17(21)16-9-3-2-7-15(16)8-4-10-18/h2-3,7,9,14H,5-6,10-13,18H2,1H3,(H,19,21). The molecule has 0 aliphatic carbocycles. The molecule has 1 aromatic rings. The number of amides is 1. The van der Waals surface area contributed by atoms with E-state index >= 15 is 0 Å². The van der Waals surface area contributed by atoms with Gasteiger partial charge in [0.15, 0.2) is 0 Å². The summed E-state index contributed by atoms with van der Waals surface area (Å²) >= 11 is 0. The van der Waals surface area contributed by atoms with Crippen molar-refractivity contribution in [2.45, 2.75) is 12.8 Å². The Morgan fingerprint density at radius 2 is 2.29 bits per heavy atom. The first-order valence-corrected chi connectivity index (χ1v) is 7.45. The van der Waals surface area contributed by atoms with E-state index in [2.05, 4.69) is 29.1 Å². The van der Waals surface area contributed by atoms with E-state index in [1.807, 2.05) is 24.3 Å². The van der Waals surface area contributed by atoms with Crippen LogP contribution < -0.4 is 11.1 Å². The van der Waals surface area contributed by atoms with E-state index in [-0.39, 0.29) is 5.91 Å². The van der Waals surface area contributed by atoms with Crippen LogP contribution in [-0.2, 0) is 0 Å². The van der Waals surface area contributed by atoms with Gasteiger partial charge in [0.2, 0.25) is 0 Å². The lowest BCUT2D eigenvalue weighted by molar-refractivity contribution is 0.0936. The van der Waals surface area contributed by atoms with E-state index in [4.69, 9.17) is 5.73 Å². The van der Waals surface area contributed by atoms with E-state index in [0.29, 0.717) is 18.0 Å². The molecule has 112 valence electrons. The fourth-order valence-electron chi connectivity index (χ4n) is 2.71. The van der Waals surface area contributed by atoms with Gasteiger partial charge in [-0.15, -0.1) is 0 Å². The zero-order valence-electron chi connectivity index (χ0n) is 12.6. The number of hydrogen-bond donors (Lipinski definition) is 2. The van der Waals surface area contributed by atoms with Gasteiger partial charge >= 0.3 is 0 Å². The molecule has 1 saturated heterocycles. The lowest BCUT2D eigenvalue weighted by atomic mass is 9.98. The average molecular weight is 285 g/mol. The molecule has 4 heteroatoms. The largest absolute Gasteiger partial charge is 0.352 e. The molecule has 1 aromatic carbocycles. The molecule has 1 aliphatic rings. The average Bonchev–Trinajstić information content (AvgIpc) is 2.51. The van der Waals surface area contributed by atoms with Crippen LogP contribution >= 0.6 is 0 Å². The monoisotopic (exact) mass is 285 g/mol. The first-order valence-electron chi connectivity index (χ1n) is 7.45. The Kier molecular flexibility index (Phi) is 5.79. The quantitative estimate of drug-likeness (QED) is 0.817. The SMILES string of the molecule is CN1CCCC(CNC(=O)c2ccccc2C#CCN)C1. The molecule has 1 heterocycles. The predicted molar refractivity (Wildman–Crippen MR) is 84.9 cm³/mol. The highest BCUT2D eigenvalue weighted by molar-refractivity contribution is 5.96. The third-order valence-electron chi connectivity index (χ3n) is 3.77. The van der Waals surface area contributed by atoms with Crippen molar-refractivity contribution in [2.75, 3.05) is 33.2 Å². The molecule has 0 saturated carbocycles. The highest BCUT2D eigenvalue weighted by Gasteiger charge is 2.18. The molecule has 0 spiro atoms. The molecule has 1 unspecified atom stereocenters. The number of nitrogens with one attached hydrogen (secondary N) is 1. The maximum atomic E-state index is 12.3. The highest BCUT2D eigenvalue weighted by atomic mass is 16.1. The predicted octanol–water partition coefficient (Wildman–Crippen LogP) is 1.07. The second-order valence-corrected chi connectivity index (χ2v) is 5.53. The van der Waals surface area contributed by atoms with Crippen molar-refractivity contribution in [1.29, 1.82) is 0 Å². The van der Waals surface area contributed by atoms with Crippen molar-refractivity contribution in [3.8, 4) is 11.8 Å². The van der Waals surface area contributed by atoms with E-state index in [9.17, 15) is 4.79 Å². The fourth-order valence-corrected chi connectivity index (χ4v) is 2.71. The number of piperidine rings is 1. The Bertz CT molecular complexity index is 544. The summed E-state index contributed by atoms with van der Waals surface area (Å²) in [5.74, 6) is 6.24. The normalized spacial score (nSPS) is 18.7. The molecule has 3 N–H and O–H groups in total. The summed E-state index contributed by atoms with van der Waals surface area (Å²) in [5, 5.41) is 3.04. The van der Waals surface area contributed by atoms with E-state index in [1.54, 1.807) is 0 Å². The van der Waals surface area contributed by atoms with Gasteiger partial charge in [-0.1, -0.05) is 24.0 Å². The van der Waals surface area contributed by atoms with Crippen LogP contribution in [0.25, 0.3) is 0 Å². The molecular weight excluding hydrogens is 262 g/mol. The zero-order chi connectivity index (χ0) is 15.1. The summed E-state index contributed by atoms with van der Waals surface area (Å²) in [6, 6.07) is 7.40. The van der Waals surface area contributed by atoms with Crippen molar-refractivity contribution < 1.29 is 4.79 Å². The number of carbonyl (C=O) groups is 1. The Labute approximate surface area is 126 Å². The molecule has 0 bridgehead atoms. The van der Waals surface area contributed by atoms with Crippen LogP contribution in [0.3, 0.4) is 0 Å². The Hall–Kier alpha value is -1.83. The van der Waals surface area contributed by atoms with Gasteiger partial charge in [-0.3, -0.25) is 4.79 Å². The van der Waals surface area contributed by atoms with Crippen LogP contribution in [-0.4, -0.2) is 44.0 Å². The smallest absolute Gasteiger partial charge is 0.252 e. The minimum atomic E-state index is -0.0508. The number of carbonyl (C=O) groups excluding carboxylic acids is 1. The van der Waals surface area contributed by atoms with Crippen LogP contribution in [0.2, 0.25) is 0 Å². The van der Waals surface area contributed by atoms with Crippen molar-refractivity contribution in [1.82, 2.24) is 10.2 Å². The van der Waals surface area contributed by atoms with Gasteiger partial charge in [-0.2, -0.15) is 0 Å². The molecular formula is C17H23N3O. The van der Waals surface area contributed by atoms with Gasteiger partial charge in [-0.05, 0) is 44.5 Å². The van der Waals surface area contributed by atoms with Crippen LogP contribution in [0.15, 0.2) is 24.3 Å². The van der Waals surface area contributed by atoms with E-state index in [0.717, 1.165) is 25.2 Å². The first-order chi connectivity index (χ1) is 10.2. The van der Waals surface area contributed by atoms with Crippen molar-refractivity contribution in [2.24, 2.45) is 11.7 Å². The summed E-state index contributed by atoms with van der Waals surface area (Å²) < 4.78 is 0. The first kappa shape index (κ1) is 15.6. The molecule has 2 rings (SSSR count). The molecule has 1 aliphatic heterocycles. The summed E-state index contributed by atoms with van der Waals surface area (Å²) in [6.45, 7) is 3.23. The molecule has 1 amide bonds. The van der Waals surface area contributed by atoms with Crippen LogP contribution in [0.4, 0.5) is 0 Å². The topological polar surface area (TPSA) is 58.4 Å². The number of likely N-dealkylation sites (tertiary alicyclic amines) is 1. The maximum Gasteiger partial charge on any atom is 0.252 e. The number of benzene rings is 1. The molecule has 0 radical (unpaired) electrons. The van der Waals surface area contributed by atoms with Gasteiger partial charge in [0.25, 0.3) is 5.91 Å². The summed E-state index contributed by atoms with van der Waals surface area (Å²) in [5.41, 5.74) is 6.76. The minimum Gasteiger partial charge on any atom is -0.352 e. The number of hydrogen-bond acceptors (Lipinski definition) is 3. The van der Waals surface area contributed by atoms with Gasteiger partial charge in [0.05, 0.1) is 12.1 Å². The molecule has 1 atom stereocenters. The van der Waals surface area contributed by atoms with Crippen molar-refractivity contribution in [3.63, 3.8) is 0 Å². The molecule has 21 heavy (non-hydrogen) atoms. The zero-order valence-corrected chi connectivity index (χ0v) is 12.6. The van der Waals surface area contributed by atoms with Crippen LogP contribution in [0.5, 0.6) is 0 Å². The second kappa shape index (κ2) is 7.82. The number of rotatable bonds is 3. The Morgan fingerprint density at radius 1 is 1.48 bits per heavy atom. The Balaban J connectivity index is 1.97. The molecule has 0 aromatic heterocycles.